The number of hydrogen-bond donors (Lipinski definition) is 0. The standard InChI is InChI=1S/C19H22ClFN4O2S/c1-6-17-18(28(26,27)13-7-8-16(21)15(20)9-13)19-22-11(2)14(10-24(4)5)12(3)25(19)23-17/h7-9H,6,10H2,1-5H3. The first-order chi connectivity index (χ1) is 13.1. The molecule has 0 saturated heterocycles. The molecule has 150 valence electrons. The number of aromatic nitrogens is 3. The van der Waals surface area contributed by atoms with Gasteiger partial charge in [0.1, 0.15) is 10.7 Å². The van der Waals surface area contributed by atoms with Crippen LogP contribution in [0.25, 0.3) is 5.65 Å². The molecule has 0 saturated carbocycles. The molecule has 0 amide bonds. The third-order valence-electron chi connectivity index (χ3n) is 4.63. The fraction of sp³-hybridized carbons (Fsp3) is 0.368. The molecular weight excluding hydrogens is 403 g/mol. The molecule has 3 rings (SSSR count). The van der Waals surface area contributed by atoms with Gasteiger partial charge in [0.15, 0.2) is 5.65 Å². The molecule has 0 N–H and O–H groups in total. The highest BCUT2D eigenvalue weighted by molar-refractivity contribution is 7.91. The van der Waals surface area contributed by atoms with Crippen molar-refractivity contribution in [2.24, 2.45) is 0 Å². The first kappa shape index (κ1) is 20.7. The first-order valence-electron chi connectivity index (χ1n) is 8.80. The van der Waals surface area contributed by atoms with Crippen molar-refractivity contribution in [3.8, 4) is 0 Å². The van der Waals surface area contributed by atoms with E-state index in [-0.39, 0.29) is 20.5 Å². The molecule has 0 aliphatic carbocycles. The van der Waals surface area contributed by atoms with Crippen LogP contribution < -0.4 is 0 Å². The van der Waals surface area contributed by atoms with Crippen molar-refractivity contribution in [2.45, 2.75) is 43.5 Å². The van der Waals surface area contributed by atoms with Crippen molar-refractivity contribution < 1.29 is 12.8 Å². The van der Waals surface area contributed by atoms with Gasteiger partial charge in [0, 0.05) is 23.5 Å². The Morgan fingerprint density at radius 2 is 1.93 bits per heavy atom. The molecule has 0 radical (unpaired) electrons. The Bertz CT molecular complexity index is 1170. The van der Waals surface area contributed by atoms with E-state index in [9.17, 15) is 12.8 Å². The maximum atomic E-state index is 13.5. The number of benzene rings is 1. The Balaban J connectivity index is 2.32. The van der Waals surface area contributed by atoms with Crippen LogP contribution in [0.15, 0.2) is 28.0 Å². The average molecular weight is 425 g/mol. The minimum Gasteiger partial charge on any atom is -0.305 e. The highest BCUT2D eigenvalue weighted by Gasteiger charge is 2.29. The number of rotatable bonds is 5. The van der Waals surface area contributed by atoms with Crippen LogP contribution in [0.1, 0.15) is 29.6 Å². The smallest absolute Gasteiger partial charge is 0.212 e. The van der Waals surface area contributed by atoms with Crippen LogP contribution in [0.2, 0.25) is 5.02 Å². The second kappa shape index (κ2) is 7.42. The van der Waals surface area contributed by atoms with E-state index in [1.807, 2.05) is 39.8 Å². The summed E-state index contributed by atoms with van der Waals surface area (Å²) in [7, 11) is -0.0687. The van der Waals surface area contributed by atoms with E-state index >= 15 is 0 Å². The van der Waals surface area contributed by atoms with Crippen LogP contribution in [0, 0.1) is 19.7 Å². The number of aryl methyl sites for hydroxylation is 3. The predicted molar refractivity (Wildman–Crippen MR) is 106 cm³/mol. The average Bonchev–Trinajstić information content (AvgIpc) is 3.00. The molecule has 0 bridgehead atoms. The number of halogens is 2. The summed E-state index contributed by atoms with van der Waals surface area (Å²) in [5, 5.41) is 4.27. The molecule has 0 atom stereocenters. The molecule has 9 heteroatoms. The molecule has 1 aromatic carbocycles. The molecule has 0 aliphatic heterocycles. The zero-order chi connectivity index (χ0) is 20.8. The highest BCUT2D eigenvalue weighted by atomic mass is 35.5. The van der Waals surface area contributed by atoms with Gasteiger partial charge in [-0.15, -0.1) is 0 Å². The minimum atomic E-state index is -3.98. The van der Waals surface area contributed by atoms with Gasteiger partial charge in [-0.25, -0.2) is 22.3 Å². The van der Waals surface area contributed by atoms with Gasteiger partial charge in [-0.1, -0.05) is 18.5 Å². The second-order valence-electron chi connectivity index (χ2n) is 6.94. The summed E-state index contributed by atoms with van der Waals surface area (Å²) in [6.07, 6.45) is 0.411. The number of fused-ring (bicyclic) bond motifs is 1. The monoisotopic (exact) mass is 424 g/mol. The van der Waals surface area contributed by atoms with Crippen LogP contribution in [0.4, 0.5) is 4.39 Å². The summed E-state index contributed by atoms with van der Waals surface area (Å²) in [5.41, 5.74) is 3.27. The van der Waals surface area contributed by atoms with E-state index in [0.29, 0.717) is 18.7 Å². The summed E-state index contributed by atoms with van der Waals surface area (Å²) in [6.45, 7) is 6.26. The molecule has 6 nitrogen and oxygen atoms in total. The zero-order valence-electron chi connectivity index (χ0n) is 16.4. The lowest BCUT2D eigenvalue weighted by atomic mass is 10.1. The Morgan fingerprint density at radius 3 is 2.50 bits per heavy atom. The van der Waals surface area contributed by atoms with Gasteiger partial charge in [-0.3, -0.25) is 0 Å². The Kier molecular flexibility index (Phi) is 5.49. The predicted octanol–water partition coefficient (Wildman–Crippen LogP) is 3.60. The maximum absolute atomic E-state index is 13.5. The van der Waals surface area contributed by atoms with Gasteiger partial charge in [-0.2, -0.15) is 5.10 Å². The molecule has 0 fully saturated rings. The number of sulfone groups is 1. The van der Waals surface area contributed by atoms with Crippen molar-refractivity contribution in [1.29, 1.82) is 0 Å². The van der Waals surface area contributed by atoms with E-state index in [0.717, 1.165) is 29.1 Å². The third-order valence-corrected chi connectivity index (χ3v) is 6.75. The van der Waals surface area contributed by atoms with Gasteiger partial charge in [0.25, 0.3) is 0 Å². The normalized spacial score (nSPS) is 12.3. The number of nitrogens with zero attached hydrogens (tertiary/aromatic N) is 4. The van der Waals surface area contributed by atoms with E-state index in [4.69, 9.17) is 11.6 Å². The highest BCUT2D eigenvalue weighted by Crippen LogP contribution is 2.31. The van der Waals surface area contributed by atoms with Crippen LogP contribution in [-0.4, -0.2) is 42.0 Å². The number of hydrogen-bond acceptors (Lipinski definition) is 5. The zero-order valence-corrected chi connectivity index (χ0v) is 18.0. The molecule has 0 unspecified atom stereocenters. The lowest BCUT2D eigenvalue weighted by molar-refractivity contribution is 0.398. The fourth-order valence-corrected chi connectivity index (χ4v) is 5.07. The summed E-state index contributed by atoms with van der Waals surface area (Å²) in [6, 6.07) is 3.38. The Morgan fingerprint density at radius 1 is 1.25 bits per heavy atom. The first-order valence-corrected chi connectivity index (χ1v) is 10.7. The molecule has 28 heavy (non-hydrogen) atoms. The fourth-order valence-electron chi connectivity index (χ4n) is 3.20. The SMILES string of the molecule is CCc1nn2c(C)c(CN(C)C)c(C)nc2c1S(=O)(=O)c1ccc(F)c(Cl)c1. The summed E-state index contributed by atoms with van der Waals surface area (Å²) < 4.78 is 41.8. The van der Waals surface area contributed by atoms with Crippen molar-refractivity contribution >= 4 is 27.1 Å². The van der Waals surface area contributed by atoms with Gasteiger partial charge in [-0.05, 0) is 52.6 Å². The van der Waals surface area contributed by atoms with Crippen LogP contribution in [-0.2, 0) is 22.8 Å². The summed E-state index contributed by atoms with van der Waals surface area (Å²) >= 11 is 5.81. The van der Waals surface area contributed by atoms with Gasteiger partial charge >= 0.3 is 0 Å². The van der Waals surface area contributed by atoms with Crippen molar-refractivity contribution in [3.63, 3.8) is 0 Å². The van der Waals surface area contributed by atoms with Gasteiger partial charge in [0.05, 0.1) is 15.6 Å². The van der Waals surface area contributed by atoms with E-state index in [2.05, 4.69) is 10.1 Å². The topological polar surface area (TPSA) is 67.6 Å². The molecule has 0 aliphatic rings. The van der Waals surface area contributed by atoms with Crippen molar-refractivity contribution in [2.75, 3.05) is 14.1 Å². The van der Waals surface area contributed by atoms with Crippen LogP contribution in [0.3, 0.4) is 0 Å². The van der Waals surface area contributed by atoms with Crippen molar-refractivity contribution in [3.05, 3.63) is 51.7 Å². The molecule has 2 aromatic heterocycles. The lowest BCUT2D eigenvalue weighted by Crippen LogP contribution is -2.16. The molecule has 2 heterocycles. The van der Waals surface area contributed by atoms with Crippen molar-refractivity contribution in [1.82, 2.24) is 19.5 Å². The van der Waals surface area contributed by atoms with E-state index in [1.54, 1.807) is 4.52 Å². The van der Waals surface area contributed by atoms with Gasteiger partial charge in [0.2, 0.25) is 9.84 Å². The van der Waals surface area contributed by atoms with Crippen LogP contribution >= 0.6 is 11.6 Å². The molecule has 0 spiro atoms. The lowest BCUT2D eigenvalue weighted by Gasteiger charge is -2.15. The molecule has 3 aromatic rings. The van der Waals surface area contributed by atoms with E-state index < -0.39 is 15.7 Å². The summed E-state index contributed by atoms with van der Waals surface area (Å²) in [4.78, 5) is 6.55. The van der Waals surface area contributed by atoms with E-state index in [1.165, 1.54) is 6.07 Å². The quantitative estimate of drug-likeness (QED) is 0.585. The largest absolute Gasteiger partial charge is 0.305 e. The third kappa shape index (κ3) is 3.40. The van der Waals surface area contributed by atoms with Crippen LogP contribution in [0.5, 0.6) is 0 Å². The Hall–Kier alpha value is -2.03. The summed E-state index contributed by atoms with van der Waals surface area (Å²) in [5.74, 6) is -0.672. The second-order valence-corrected chi connectivity index (χ2v) is 9.24. The van der Waals surface area contributed by atoms with Gasteiger partial charge < -0.3 is 4.90 Å². The minimum absolute atomic E-state index is 0.0419. The Labute approximate surface area is 168 Å². The maximum Gasteiger partial charge on any atom is 0.212 e. The molecular formula is C19H22ClFN4O2S.